The van der Waals surface area contributed by atoms with E-state index in [-0.39, 0.29) is 6.29 Å². The molecule has 3 aliphatic rings. The van der Waals surface area contributed by atoms with Crippen molar-refractivity contribution in [2.24, 2.45) is 0 Å². The van der Waals surface area contributed by atoms with Gasteiger partial charge in [0.25, 0.3) is 0 Å². The molecular formula is C16H31N3O2. The van der Waals surface area contributed by atoms with Gasteiger partial charge in [-0.2, -0.15) is 0 Å². The SMILES string of the molecule is COC(CN1CCN(C2CC3CCC(C2)N3C)CC1)OC. The molecule has 0 N–H and O–H groups in total. The van der Waals surface area contributed by atoms with Gasteiger partial charge in [0.05, 0.1) is 0 Å². The van der Waals surface area contributed by atoms with Crippen LogP contribution in [-0.2, 0) is 9.47 Å². The summed E-state index contributed by atoms with van der Waals surface area (Å²) in [6, 6.07) is 2.51. The van der Waals surface area contributed by atoms with Gasteiger partial charge in [-0.1, -0.05) is 0 Å². The molecule has 21 heavy (non-hydrogen) atoms. The molecule has 0 aliphatic carbocycles. The minimum atomic E-state index is -0.0873. The normalized spacial score (nSPS) is 35.7. The van der Waals surface area contributed by atoms with Crippen LogP contribution in [0.15, 0.2) is 0 Å². The lowest BCUT2D eigenvalue weighted by Crippen LogP contribution is -2.55. The van der Waals surface area contributed by atoms with Gasteiger partial charge < -0.3 is 14.4 Å². The van der Waals surface area contributed by atoms with Gasteiger partial charge >= 0.3 is 0 Å². The lowest BCUT2D eigenvalue weighted by molar-refractivity contribution is -0.120. The number of piperidine rings is 1. The fourth-order valence-corrected chi connectivity index (χ4v) is 4.45. The minimum Gasteiger partial charge on any atom is -0.355 e. The van der Waals surface area contributed by atoms with Crippen LogP contribution in [0.2, 0.25) is 0 Å². The summed E-state index contributed by atoms with van der Waals surface area (Å²) in [6.45, 7) is 5.58. The first kappa shape index (κ1) is 15.7. The Hall–Kier alpha value is -0.200. The molecule has 3 aliphatic heterocycles. The third-order valence-corrected chi connectivity index (χ3v) is 5.93. The number of hydrogen-bond donors (Lipinski definition) is 0. The standard InChI is InChI=1S/C16H31N3O2/c1-17-13-4-5-14(17)11-15(10-13)19-8-6-18(7-9-19)12-16(20-2)21-3/h13-16H,4-12H2,1-3H3. The van der Waals surface area contributed by atoms with Crippen LogP contribution < -0.4 is 0 Å². The van der Waals surface area contributed by atoms with Crippen LogP contribution in [-0.4, -0.2) is 93.1 Å². The minimum absolute atomic E-state index is 0.0873. The Morgan fingerprint density at radius 1 is 0.905 bits per heavy atom. The number of nitrogens with zero attached hydrogens (tertiary/aromatic N) is 3. The van der Waals surface area contributed by atoms with E-state index in [1.807, 2.05) is 0 Å². The van der Waals surface area contributed by atoms with Crippen molar-refractivity contribution in [3.63, 3.8) is 0 Å². The molecule has 3 fully saturated rings. The van der Waals surface area contributed by atoms with E-state index < -0.39 is 0 Å². The number of fused-ring (bicyclic) bond motifs is 2. The van der Waals surface area contributed by atoms with Crippen molar-refractivity contribution < 1.29 is 9.47 Å². The fourth-order valence-electron chi connectivity index (χ4n) is 4.45. The quantitative estimate of drug-likeness (QED) is 0.702. The molecule has 0 saturated carbocycles. The van der Waals surface area contributed by atoms with E-state index in [0.29, 0.717) is 0 Å². The molecule has 0 aromatic heterocycles. The number of methoxy groups -OCH3 is 2. The van der Waals surface area contributed by atoms with Gasteiger partial charge in [-0.15, -0.1) is 0 Å². The molecule has 5 nitrogen and oxygen atoms in total. The van der Waals surface area contributed by atoms with Crippen LogP contribution in [0.25, 0.3) is 0 Å². The summed E-state index contributed by atoms with van der Waals surface area (Å²) in [4.78, 5) is 7.84. The lowest BCUT2D eigenvalue weighted by atomic mass is 9.96. The van der Waals surface area contributed by atoms with E-state index in [9.17, 15) is 0 Å². The molecule has 3 saturated heterocycles. The highest BCUT2D eigenvalue weighted by atomic mass is 16.7. The molecule has 2 unspecified atom stereocenters. The van der Waals surface area contributed by atoms with Gasteiger partial charge in [0.1, 0.15) is 0 Å². The van der Waals surface area contributed by atoms with Gasteiger partial charge in [-0.25, -0.2) is 0 Å². The first-order valence-corrected chi connectivity index (χ1v) is 8.45. The van der Waals surface area contributed by atoms with Crippen LogP contribution in [0.3, 0.4) is 0 Å². The molecule has 0 aromatic carbocycles. The summed E-state index contributed by atoms with van der Waals surface area (Å²) >= 11 is 0. The summed E-state index contributed by atoms with van der Waals surface area (Å²) < 4.78 is 10.6. The Morgan fingerprint density at radius 3 is 2.00 bits per heavy atom. The summed E-state index contributed by atoms with van der Waals surface area (Å²) in [5.74, 6) is 0. The van der Waals surface area contributed by atoms with Gasteiger partial charge in [-0.3, -0.25) is 9.80 Å². The first-order valence-electron chi connectivity index (χ1n) is 8.45. The van der Waals surface area contributed by atoms with Crippen molar-refractivity contribution in [1.82, 2.24) is 14.7 Å². The van der Waals surface area contributed by atoms with Gasteiger partial charge in [0.2, 0.25) is 0 Å². The van der Waals surface area contributed by atoms with E-state index in [1.54, 1.807) is 14.2 Å². The summed E-state index contributed by atoms with van der Waals surface area (Å²) in [7, 11) is 5.77. The topological polar surface area (TPSA) is 28.2 Å². The molecule has 0 radical (unpaired) electrons. The lowest BCUT2D eigenvalue weighted by Gasteiger charge is -2.45. The van der Waals surface area contributed by atoms with Crippen molar-refractivity contribution in [2.45, 2.75) is 50.1 Å². The zero-order valence-corrected chi connectivity index (χ0v) is 13.8. The van der Waals surface area contributed by atoms with E-state index >= 15 is 0 Å². The summed E-state index contributed by atoms with van der Waals surface area (Å²) in [6.07, 6.45) is 5.51. The average Bonchev–Trinajstić information content (AvgIpc) is 2.75. The van der Waals surface area contributed by atoms with E-state index in [2.05, 4.69) is 21.7 Å². The Morgan fingerprint density at radius 2 is 1.48 bits per heavy atom. The monoisotopic (exact) mass is 297 g/mol. The fraction of sp³-hybridized carbons (Fsp3) is 1.00. The smallest absolute Gasteiger partial charge is 0.169 e. The van der Waals surface area contributed by atoms with Crippen LogP contribution in [0.5, 0.6) is 0 Å². The molecule has 2 bridgehead atoms. The van der Waals surface area contributed by atoms with E-state index in [4.69, 9.17) is 9.47 Å². The number of piperazine rings is 1. The van der Waals surface area contributed by atoms with Crippen LogP contribution >= 0.6 is 0 Å². The van der Waals surface area contributed by atoms with Crippen LogP contribution in [0.1, 0.15) is 25.7 Å². The second-order valence-electron chi connectivity index (χ2n) is 6.91. The third-order valence-electron chi connectivity index (χ3n) is 5.93. The Kier molecular flexibility index (Phi) is 5.17. The van der Waals surface area contributed by atoms with Gasteiger partial charge in [0.15, 0.2) is 6.29 Å². The van der Waals surface area contributed by atoms with Crippen molar-refractivity contribution in [3.05, 3.63) is 0 Å². The molecule has 0 spiro atoms. The molecule has 122 valence electrons. The predicted molar refractivity (Wildman–Crippen MR) is 83.4 cm³/mol. The predicted octanol–water partition coefficient (Wildman–Crippen LogP) is 0.848. The zero-order chi connectivity index (χ0) is 14.8. The molecule has 0 aromatic rings. The number of rotatable bonds is 5. The largest absolute Gasteiger partial charge is 0.355 e. The molecule has 0 amide bonds. The van der Waals surface area contributed by atoms with E-state index in [0.717, 1.165) is 37.8 Å². The van der Waals surface area contributed by atoms with Gasteiger partial charge in [0, 0.05) is 65.1 Å². The van der Waals surface area contributed by atoms with Crippen molar-refractivity contribution in [3.8, 4) is 0 Å². The average molecular weight is 297 g/mol. The molecular weight excluding hydrogens is 266 g/mol. The highest BCUT2D eigenvalue weighted by molar-refractivity contribution is 4.97. The zero-order valence-electron chi connectivity index (χ0n) is 13.8. The molecule has 3 rings (SSSR count). The molecule has 3 heterocycles. The third kappa shape index (κ3) is 3.42. The Labute approximate surface area is 129 Å². The number of hydrogen-bond acceptors (Lipinski definition) is 5. The maximum atomic E-state index is 5.31. The summed E-state index contributed by atoms with van der Waals surface area (Å²) in [5.41, 5.74) is 0. The van der Waals surface area contributed by atoms with Gasteiger partial charge in [-0.05, 0) is 32.7 Å². The maximum Gasteiger partial charge on any atom is 0.169 e. The summed E-state index contributed by atoms with van der Waals surface area (Å²) in [5, 5.41) is 0. The number of ether oxygens (including phenoxy) is 2. The van der Waals surface area contributed by atoms with Crippen molar-refractivity contribution in [1.29, 1.82) is 0 Å². The van der Waals surface area contributed by atoms with Crippen molar-refractivity contribution >= 4 is 0 Å². The highest BCUT2D eigenvalue weighted by Crippen LogP contribution is 2.36. The molecule has 5 heteroatoms. The second-order valence-corrected chi connectivity index (χ2v) is 6.91. The van der Waals surface area contributed by atoms with E-state index in [1.165, 1.54) is 38.8 Å². The molecule has 2 atom stereocenters. The highest BCUT2D eigenvalue weighted by Gasteiger charge is 2.40. The van der Waals surface area contributed by atoms with Crippen LogP contribution in [0, 0.1) is 0 Å². The first-order chi connectivity index (χ1) is 10.2. The van der Waals surface area contributed by atoms with Crippen LogP contribution in [0.4, 0.5) is 0 Å². The maximum absolute atomic E-state index is 5.31. The Balaban J connectivity index is 1.46. The Bertz CT molecular complexity index is 315. The second kappa shape index (κ2) is 6.92. The van der Waals surface area contributed by atoms with Crippen molar-refractivity contribution in [2.75, 3.05) is 54.0 Å².